The molecule has 0 aliphatic carbocycles. The number of hydrogen-bond acceptors (Lipinski definition) is 3. The van der Waals surface area contributed by atoms with Crippen molar-refractivity contribution in [1.29, 1.82) is 0 Å². The Morgan fingerprint density at radius 2 is 1.45 bits per heavy atom. The Morgan fingerprint density at radius 1 is 0.788 bits per heavy atom. The van der Waals surface area contributed by atoms with Crippen LogP contribution in [0.1, 0.15) is 26.3 Å². The smallest absolute Gasteiger partial charge is 0.343 e. The lowest BCUT2D eigenvalue weighted by atomic mass is 10.1. The molecule has 0 aromatic heterocycles. The van der Waals surface area contributed by atoms with Crippen LogP contribution in [-0.4, -0.2) is 24.3 Å². The zero-order chi connectivity index (χ0) is 24.0. The van der Waals surface area contributed by atoms with Gasteiger partial charge in [0.05, 0.1) is 22.7 Å². The van der Waals surface area contributed by atoms with E-state index in [1.807, 2.05) is 0 Å². The van der Waals surface area contributed by atoms with E-state index in [1.165, 1.54) is 42.5 Å². The van der Waals surface area contributed by atoms with Gasteiger partial charge in [-0.25, -0.2) is 0 Å². The van der Waals surface area contributed by atoms with Gasteiger partial charge in [0.2, 0.25) is 5.91 Å². The largest absolute Gasteiger partial charge is 0.416 e. The summed E-state index contributed by atoms with van der Waals surface area (Å²) in [5.41, 5.74) is -0.305. The molecule has 0 unspecified atom stereocenters. The van der Waals surface area contributed by atoms with Gasteiger partial charge in [-0.2, -0.15) is 13.2 Å². The molecule has 0 heterocycles. The molecule has 0 bridgehead atoms. The highest BCUT2D eigenvalue weighted by Crippen LogP contribution is 2.30. The van der Waals surface area contributed by atoms with Gasteiger partial charge in [0.15, 0.2) is 0 Å². The summed E-state index contributed by atoms with van der Waals surface area (Å²) in [5.74, 6) is -1.73. The lowest BCUT2D eigenvalue weighted by Gasteiger charge is -2.11. The van der Waals surface area contributed by atoms with Crippen molar-refractivity contribution in [3.05, 3.63) is 94.5 Å². The first kappa shape index (κ1) is 23.8. The first-order valence-corrected chi connectivity index (χ1v) is 9.92. The molecule has 0 saturated carbocycles. The summed E-state index contributed by atoms with van der Waals surface area (Å²) in [5, 5.41) is 7.62. The van der Waals surface area contributed by atoms with E-state index in [9.17, 15) is 27.6 Å². The van der Waals surface area contributed by atoms with Gasteiger partial charge in [-0.1, -0.05) is 35.9 Å². The van der Waals surface area contributed by atoms with Gasteiger partial charge in [0, 0.05) is 16.9 Å². The van der Waals surface area contributed by atoms with E-state index in [2.05, 4.69) is 16.0 Å². The van der Waals surface area contributed by atoms with Crippen molar-refractivity contribution in [3.63, 3.8) is 0 Å². The number of halogens is 4. The molecule has 0 atom stereocenters. The van der Waals surface area contributed by atoms with Gasteiger partial charge in [0.1, 0.15) is 0 Å². The second-order valence-electron chi connectivity index (χ2n) is 6.82. The predicted octanol–water partition coefficient (Wildman–Crippen LogP) is 4.98. The van der Waals surface area contributed by atoms with E-state index in [-0.39, 0.29) is 34.1 Å². The molecule has 0 fully saturated rings. The summed E-state index contributed by atoms with van der Waals surface area (Å²) in [4.78, 5) is 36.7. The Balaban J connectivity index is 1.60. The summed E-state index contributed by atoms with van der Waals surface area (Å²) < 4.78 is 38.5. The number of benzene rings is 3. The number of carbonyl (C=O) groups is 3. The van der Waals surface area contributed by atoms with Crippen LogP contribution in [0.25, 0.3) is 0 Å². The summed E-state index contributed by atoms with van der Waals surface area (Å²) in [6.45, 7) is -0.343. The van der Waals surface area contributed by atoms with Crippen LogP contribution < -0.4 is 16.0 Å². The minimum absolute atomic E-state index is 0.0217. The lowest BCUT2D eigenvalue weighted by molar-refractivity contribution is -0.137. The van der Waals surface area contributed by atoms with Crippen LogP contribution in [0, 0.1) is 0 Å². The Kier molecular flexibility index (Phi) is 7.34. The molecule has 3 N–H and O–H groups in total. The molecule has 0 aliphatic heterocycles. The standard InChI is InChI=1S/C23H17ClF3N3O3/c24-19-10-2-1-9-18(19)22(33)28-13-20(31)29-16-7-3-5-14(11-16)21(32)30-17-8-4-6-15(12-17)23(25,26)27/h1-12H,13H2,(H,28,33)(H,29,31)(H,30,32). The van der Waals surface area contributed by atoms with E-state index in [0.717, 1.165) is 12.1 Å². The van der Waals surface area contributed by atoms with Crippen LogP contribution in [0.3, 0.4) is 0 Å². The van der Waals surface area contributed by atoms with Gasteiger partial charge < -0.3 is 16.0 Å². The second kappa shape index (κ2) is 10.2. The number of hydrogen-bond donors (Lipinski definition) is 3. The van der Waals surface area contributed by atoms with E-state index >= 15 is 0 Å². The SMILES string of the molecule is O=C(CNC(=O)c1ccccc1Cl)Nc1cccc(C(=O)Nc2cccc(C(F)(F)F)c2)c1. The van der Waals surface area contributed by atoms with Crippen molar-refractivity contribution in [3.8, 4) is 0 Å². The predicted molar refractivity (Wildman–Crippen MR) is 118 cm³/mol. The summed E-state index contributed by atoms with van der Waals surface area (Å²) in [6.07, 6.45) is -4.54. The number of anilines is 2. The number of carbonyl (C=O) groups excluding carboxylic acids is 3. The molecule has 0 radical (unpaired) electrons. The molecule has 0 spiro atoms. The molecule has 6 nitrogen and oxygen atoms in total. The Labute approximate surface area is 191 Å². The fraction of sp³-hybridized carbons (Fsp3) is 0.0870. The van der Waals surface area contributed by atoms with E-state index in [1.54, 1.807) is 18.2 Å². The zero-order valence-corrected chi connectivity index (χ0v) is 17.6. The quantitative estimate of drug-likeness (QED) is 0.470. The number of nitrogens with one attached hydrogen (secondary N) is 3. The topological polar surface area (TPSA) is 87.3 Å². The van der Waals surface area contributed by atoms with Crippen molar-refractivity contribution in [2.24, 2.45) is 0 Å². The van der Waals surface area contributed by atoms with Gasteiger partial charge >= 0.3 is 6.18 Å². The highest BCUT2D eigenvalue weighted by molar-refractivity contribution is 6.33. The maximum absolute atomic E-state index is 12.8. The summed E-state index contributed by atoms with van der Waals surface area (Å²) in [7, 11) is 0. The van der Waals surface area contributed by atoms with Crippen LogP contribution in [0.4, 0.5) is 24.5 Å². The summed E-state index contributed by atoms with van der Waals surface area (Å²) in [6, 6.07) is 16.4. The average molecular weight is 476 g/mol. The van der Waals surface area contributed by atoms with Gasteiger partial charge in [0.25, 0.3) is 11.8 Å². The Morgan fingerprint density at radius 3 is 2.15 bits per heavy atom. The van der Waals surface area contributed by atoms with E-state index < -0.39 is 29.5 Å². The van der Waals surface area contributed by atoms with Gasteiger partial charge in [-0.05, 0) is 48.5 Å². The van der Waals surface area contributed by atoms with Gasteiger partial charge in [-0.3, -0.25) is 14.4 Å². The molecule has 0 saturated heterocycles. The fourth-order valence-corrected chi connectivity index (χ4v) is 3.04. The number of alkyl halides is 3. The molecule has 33 heavy (non-hydrogen) atoms. The van der Waals surface area contributed by atoms with Crippen molar-refractivity contribution in [1.82, 2.24) is 5.32 Å². The normalized spacial score (nSPS) is 10.9. The third kappa shape index (κ3) is 6.56. The second-order valence-corrected chi connectivity index (χ2v) is 7.23. The number of rotatable bonds is 6. The minimum Gasteiger partial charge on any atom is -0.343 e. The van der Waals surface area contributed by atoms with Crippen LogP contribution in [0.5, 0.6) is 0 Å². The van der Waals surface area contributed by atoms with E-state index in [4.69, 9.17) is 11.6 Å². The zero-order valence-electron chi connectivity index (χ0n) is 16.9. The van der Waals surface area contributed by atoms with Gasteiger partial charge in [-0.15, -0.1) is 0 Å². The third-order valence-corrected chi connectivity index (χ3v) is 4.71. The Hall–Kier alpha value is -3.85. The van der Waals surface area contributed by atoms with E-state index in [0.29, 0.717) is 0 Å². The minimum atomic E-state index is -4.54. The highest BCUT2D eigenvalue weighted by atomic mass is 35.5. The van der Waals surface area contributed by atoms with Crippen LogP contribution in [0.15, 0.2) is 72.8 Å². The van der Waals surface area contributed by atoms with Crippen molar-refractivity contribution >= 4 is 40.7 Å². The third-order valence-electron chi connectivity index (χ3n) is 4.38. The summed E-state index contributed by atoms with van der Waals surface area (Å²) >= 11 is 5.95. The molecule has 170 valence electrons. The molecule has 3 amide bonds. The monoisotopic (exact) mass is 475 g/mol. The fourth-order valence-electron chi connectivity index (χ4n) is 2.82. The molecule has 3 aromatic carbocycles. The molecule has 10 heteroatoms. The maximum atomic E-state index is 12.8. The molecular formula is C23H17ClF3N3O3. The average Bonchev–Trinajstić information content (AvgIpc) is 2.77. The number of amides is 3. The van der Waals surface area contributed by atoms with Crippen molar-refractivity contribution < 1.29 is 27.6 Å². The Bertz CT molecular complexity index is 1200. The lowest BCUT2D eigenvalue weighted by Crippen LogP contribution is -2.33. The first-order chi connectivity index (χ1) is 15.6. The highest BCUT2D eigenvalue weighted by Gasteiger charge is 2.30. The van der Waals surface area contributed by atoms with Crippen LogP contribution in [-0.2, 0) is 11.0 Å². The molecule has 3 rings (SSSR count). The molecular weight excluding hydrogens is 459 g/mol. The first-order valence-electron chi connectivity index (χ1n) is 9.55. The van der Waals surface area contributed by atoms with Crippen molar-refractivity contribution in [2.75, 3.05) is 17.2 Å². The maximum Gasteiger partial charge on any atom is 0.416 e. The van der Waals surface area contributed by atoms with Crippen LogP contribution >= 0.6 is 11.6 Å². The molecule has 3 aromatic rings. The van der Waals surface area contributed by atoms with Crippen molar-refractivity contribution in [2.45, 2.75) is 6.18 Å². The van der Waals surface area contributed by atoms with Crippen LogP contribution in [0.2, 0.25) is 5.02 Å². The molecule has 0 aliphatic rings.